The average Bonchev–Trinajstić information content (AvgIpc) is 2.31. The Bertz CT molecular complexity index is 314. The van der Waals surface area contributed by atoms with E-state index in [2.05, 4.69) is 35.2 Å². The molecular weight excluding hydrogens is 214 g/mol. The third-order valence-corrected chi connectivity index (χ3v) is 2.70. The molecule has 1 fully saturated rings. The average molecular weight is 234 g/mol. The maximum atomic E-state index is 8.89. The standard InChI is InChI=1S/C12H17N.C2H4O2/c1-3-7-12(8-4-1)11-13-9-5-2-6-10-13;1-2(3)4/h1,3-4,7-8H,2,5-6,9-11H2;1H3,(H,3,4)/p-1. The molecule has 0 N–H and O–H groups in total. The fourth-order valence-corrected chi connectivity index (χ4v) is 1.96. The van der Waals surface area contributed by atoms with Gasteiger partial charge in [-0.25, -0.2) is 0 Å². The highest BCUT2D eigenvalue weighted by Gasteiger charge is 2.09. The lowest BCUT2D eigenvalue weighted by molar-refractivity contribution is -0.302. The van der Waals surface area contributed by atoms with Crippen LogP contribution in [0.4, 0.5) is 0 Å². The Balaban J connectivity index is 0.000000317. The SMILES string of the molecule is CC(=O)[O-].c1ccc(CN2CCCCC2)cc1. The van der Waals surface area contributed by atoms with E-state index in [0.717, 1.165) is 13.5 Å². The van der Waals surface area contributed by atoms with E-state index in [4.69, 9.17) is 9.90 Å². The second-order valence-electron chi connectivity index (χ2n) is 4.31. The van der Waals surface area contributed by atoms with Crippen molar-refractivity contribution in [2.24, 2.45) is 0 Å². The molecule has 1 heterocycles. The minimum absolute atomic E-state index is 0.972. The molecule has 1 aromatic rings. The van der Waals surface area contributed by atoms with Gasteiger partial charge in [0.1, 0.15) is 0 Å². The van der Waals surface area contributed by atoms with Crippen LogP contribution in [0.5, 0.6) is 0 Å². The molecule has 94 valence electrons. The number of hydrogen-bond donors (Lipinski definition) is 0. The Kier molecular flexibility index (Phi) is 6.33. The Morgan fingerprint density at radius 2 is 1.71 bits per heavy atom. The number of likely N-dealkylation sites (tertiary alicyclic amines) is 1. The highest BCUT2D eigenvalue weighted by atomic mass is 16.4. The van der Waals surface area contributed by atoms with Gasteiger partial charge in [-0.15, -0.1) is 0 Å². The molecule has 17 heavy (non-hydrogen) atoms. The molecule has 1 aliphatic heterocycles. The molecule has 2 rings (SSSR count). The van der Waals surface area contributed by atoms with Crippen LogP contribution in [0.1, 0.15) is 31.7 Å². The predicted octanol–water partition coefficient (Wildman–Crippen LogP) is 1.43. The first kappa shape index (κ1) is 13.7. The van der Waals surface area contributed by atoms with Crippen LogP contribution in [0.15, 0.2) is 30.3 Å². The minimum atomic E-state index is -1.08. The van der Waals surface area contributed by atoms with Crippen molar-refractivity contribution in [1.29, 1.82) is 0 Å². The number of nitrogens with zero attached hydrogens (tertiary/aromatic N) is 1. The summed E-state index contributed by atoms with van der Waals surface area (Å²) in [6, 6.07) is 10.8. The normalized spacial score (nSPS) is 15.8. The van der Waals surface area contributed by atoms with Crippen LogP contribution in [0.25, 0.3) is 0 Å². The number of hydrogen-bond acceptors (Lipinski definition) is 3. The number of carboxylic acid groups (broad SMARTS) is 1. The first-order chi connectivity index (χ1) is 8.18. The van der Waals surface area contributed by atoms with Crippen molar-refractivity contribution >= 4 is 5.97 Å². The summed E-state index contributed by atoms with van der Waals surface area (Å²) in [4.78, 5) is 11.4. The molecule has 0 aromatic heterocycles. The maximum Gasteiger partial charge on any atom is 0.0383 e. The van der Waals surface area contributed by atoms with Gasteiger partial charge in [-0.3, -0.25) is 4.90 Å². The second kappa shape index (κ2) is 7.85. The predicted molar refractivity (Wildman–Crippen MR) is 66.3 cm³/mol. The molecule has 0 spiro atoms. The fourth-order valence-electron chi connectivity index (χ4n) is 1.96. The summed E-state index contributed by atoms with van der Waals surface area (Å²) in [7, 11) is 0. The summed E-state index contributed by atoms with van der Waals surface area (Å²) in [5.41, 5.74) is 1.45. The lowest BCUT2D eigenvalue weighted by Crippen LogP contribution is -2.28. The second-order valence-corrected chi connectivity index (χ2v) is 4.31. The molecule has 3 nitrogen and oxygen atoms in total. The van der Waals surface area contributed by atoms with E-state index in [1.165, 1.54) is 37.9 Å². The minimum Gasteiger partial charge on any atom is -0.550 e. The van der Waals surface area contributed by atoms with Crippen molar-refractivity contribution in [2.75, 3.05) is 13.1 Å². The topological polar surface area (TPSA) is 43.4 Å². The zero-order valence-corrected chi connectivity index (χ0v) is 10.4. The van der Waals surface area contributed by atoms with Crippen molar-refractivity contribution in [1.82, 2.24) is 4.90 Å². The van der Waals surface area contributed by atoms with Gasteiger partial charge in [0, 0.05) is 12.5 Å². The number of carbonyl (C=O) groups excluding carboxylic acids is 1. The van der Waals surface area contributed by atoms with Crippen LogP contribution >= 0.6 is 0 Å². The van der Waals surface area contributed by atoms with Gasteiger partial charge in [-0.05, 0) is 38.4 Å². The van der Waals surface area contributed by atoms with Gasteiger partial charge in [0.2, 0.25) is 0 Å². The van der Waals surface area contributed by atoms with Crippen LogP contribution in [0, 0.1) is 0 Å². The molecule has 0 unspecified atom stereocenters. The highest BCUT2D eigenvalue weighted by Crippen LogP contribution is 2.12. The molecule has 3 heteroatoms. The summed E-state index contributed by atoms with van der Waals surface area (Å²) in [6.45, 7) is 4.69. The van der Waals surface area contributed by atoms with Crippen LogP contribution in [-0.4, -0.2) is 24.0 Å². The molecule has 0 radical (unpaired) electrons. The molecule has 0 saturated carbocycles. The van der Waals surface area contributed by atoms with Crippen molar-refractivity contribution in [2.45, 2.75) is 32.7 Å². The summed E-state index contributed by atoms with van der Waals surface area (Å²) >= 11 is 0. The number of carboxylic acids is 1. The number of piperidine rings is 1. The molecule has 0 atom stereocenters. The number of benzene rings is 1. The largest absolute Gasteiger partial charge is 0.550 e. The molecule has 0 aliphatic carbocycles. The number of rotatable bonds is 2. The first-order valence-corrected chi connectivity index (χ1v) is 6.12. The Morgan fingerprint density at radius 1 is 1.18 bits per heavy atom. The number of aliphatic carboxylic acids is 1. The summed E-state index contributed by atoms with van der Waals surface area (Å²) in [5, 5.41) is 8.89. The van der Waals surface area contributed by atoms with Crippen molar-refractivity contribution < 1.29 is 9.90 Å². The summed E-state index contributed by atoms with van der Waals surface area (Å²) in [5.74, 6) is -1.08. The third kappa shape index (κ3) is 6.74. The molecular formula is C14H20NO2-. The van der Waals surface area contributed by atoms with Gasteiger partial charge in [0.05, 0.1) is 0 Å². The Hall–Kier alpha value is -1.35. The van der Waals surface area contributed by atoms with Crippen molar-refractivity contribution in [3.63, 3.8) is 0 Å². The van der Waals surface area contributed by atoms with Gasteiger partial charge in [-0.2, -0.15) is 0 Å². The van der Waals surface area contributed by atoms with Gasteiger partial charge in [-0.1, -0.05) is 36.8 Å². The van der Waals surface area contributed by atoms with E-state index < -0.39 is 5.97 Å². The lowest BCUT2D eigenvalue weighted by Gasteiger charge is -2.26. The van der Waals surface area contributed by atoms with Crippen LogP contribution in [0.2, 0.25) is 0 Å². The summed E-state index contributed by atoms with van der Waals surface area (Å²) < 4.78 is 0. The first-order valence-electron chi connectivity index (χ1n) is 6.12. The molecule has 1 aromatic carbocycles. The van der Waals surface area contributed by atoms with Crippen LogP contribution in [-0.2, 0) is 11.3 Å². The number of carbonyl (C=O) groups is 1. The molecule has 1 aliphatic rings. The molecule has 0 bridgehead atoms. The highest BCUT2D eigenvalue weighted by molar-refractivity contribution is 5.60. The smallest absolute Gasteiger partial charge is 0.0383 e. The van der Waals surface area contributed by atoms with Gasteiger partial charge >= 0.3 is 0 Å². The van der Waals surface area contributed by atoms with Crippen molar-refractivity contribution in [3.8, 4) is 0 Å². The monoisotopic (exact) mass is 234 g/mol. The van der Waals surface area contributed by atoms with Gasteiger partial charge in [0.15, 0.2) is 0 Å². The maximum absolute atomic E-state index is 8.89. The van der Waals surface area contributed by atoms with Crippen molar-refractivity contribution in [3.05, 3.63) is 35.9 Å². The quantitative estimate of drug-likeness (QED) is 0.777. The van der Waals surface area contributed by atoms with Crippen LogP contribution in [0.3, 0.4) is 0 Å². The third-order valence-electron chi connectivity index (χ3n) is 2.70. The van der Waals surface area contributed by atoms with E-state index >= 15 is 0 Å². The Morgan fingerprint density at radius 3 is 2.24 bits per heavy atom. The van der Waals surface area contributed by atoms with Gasteiger partial charge < -0.3 is 9.90 Å². The Labute approximate surface area is 103 Å². The van der Waals surface area contributed by atoms with E-state index in [1.54, 1.807) is 0 Å². The van der Waals surface area contributed by atoms with E-state index in [-0.39, 0.29) is 0 Å². The zero-order chi connectivity index (χ0) is 12.5. The van der Waals surface area contributed by atoms with Gasteiger partial charge in [0.25, 0.3) is 0 Å². The summed E-state index contributed by atoms with van der Waals surface area (Å²) in [6.07, 6.45) is 4.19. The van der Waals surface area contributed by atoms with E-state index in [9.17, 15) is 0 Å². The lowest BCUT2D eigenvalue weighted by atomic mass is 10.1. The zero-order valence-electron chi connectivity index (χ0n) is 10.4. The van der Waals surface area contributed by atoms with Crippen LogP contribution < -0.4 is 5.11 Å². The molecule has 0 amide bonds. The molecule has 1 saturated heterocycles. The fraction of sp³-hybridized carbons (Fsp3) is 0.500. The van der Waals surface area contributed by atoms with E-state index in [0.29, 0.717) is 0 Å². The van der Waals surface area contributed by atoms with E-state index in [1.807, 2.05) is 0 Å².